The third kappa shape index (κ3) is 5.78. The number of cyclic esters (lactones) is 1. The molecule has 0 bridgehead atoms. The molecular weight excluding hydrogens is 495 g/mol. The summed E-state index contributed by atoms with van der Waals surface area (Å²) in [5.74, 6) is -0.574. The number of halogens is 1. The van der Waals surface area contributed by atoms with Crippen LogP contribution in [0.4, 0.5) is 14.9 Å². The molecular formula is C25H27FN8O4. The third-order valence-electron chi connectivity index (χ3n) is 6.09. The van der Waals surface area contributed by atoms with Crippen molar-refractivity contribution in [2.75, 3.05) is 38.6 Å². The molecule has 2 aliphatic rings. The maximum Gasteiger partial charge on any atom is 0.414 e. The smallest absolute Gasteiger partial charge is 0.414 e. The van der Waals surface area contributed by atoms with Gasteiger partial charge in [0.05, 0.1) is 43.8 Å². The molecule has 5 rings (SSSR count). The Bertz CT molecular complexity index is 1330. The fourth-order valence-electron chi connectivity index (χ4n) is 4.26. The van der Waals surface area contributed by atoms with Crippen LogP contribution in [-0.4, -0.2) is 88.5 Å². The molecule has 1 N–H and O–H groups in total. The fraction of sp³-hybridized carbons (Fsp3) is 0.360. The van der Waals surface area contributed by atoms with Crippen LogP contribution in [0.5, 0.6) is 0 Å². The normalized spacial score (nSPS) is 18.9. The maximum absolute atomic E-state index is 15.1. The number of likely N-dealkylation sites (N-methyl/N-ethyl adjacent to an activating group) is 1. The lowest BCUT2D eigenvalue weighted by Crippen LogP contribution is -2.37. The zero-order valence-electron chi connectivity index (χ0n) is 21.0. The summed E-state index contributed by atoms with van der Waals surface area (Å²) in [5.41, 5.74) is 2.62. The van der Waals surface area contributed by atoms with E-state index >= 15 is 4.39 Å². The number of oxime groups is 1. The standard InChI is InChI=1S/C25H27FN8O4/c1-32(2)15-24(35)28-12-18-10-23(30-38-18)22-6-3-16(11-27-22)20-5-4-17(9-21(20)26)34-14-19(37-25(34)36)13-33-8-7-29-31-33/h3-9,11,18-19H,10,12-15H2,1-2H3,(H,28,35)/t18-,19-/m0/s1. The molecule has 2 atom stereocenters. The number of nitrogens with zero attached hydrogens (tertiary/aromatic N) is 7. The van der Waals surface area contributed by atoms with Crippen LogP contribution in [-0.2, 0) is 20.9 Å². The molecule has 38 heavy (non-hydrogen) atoms. The fourth-order valence-corrected chi connectivity index (χ4v) is 4.26. The van der Waals surface area contributed by atoms with Crippen LogP contribution < -0.4 is 10.2 Å². The van der Waals surface area contributed by atoms with Crippen LogP contribution in [0.3, 0.4) is 0 Å². The monoisotopic (exact) mass is 522 g/mol. The molecule has 1 saturated heterocycles. The molecule has 12 nitrogen and oxygen atoms in total. The Morgan fingerprint density at radius 2 is 2.11 bits per heavy atom. The molecule has 0 aliphatic carbocycles. The van der Waals surface area contributed by atoms with E-state index in [1.807, 2.05) is 14.1 Å². The van der Waals surface area contributed by atoms with Gasteiger partial charge in [-0.3, -0.25) is 14.7 Å². The van der Waals surface area contributed by atoms with Crippen molar-refractivity contribution in [1.29, 1.82) is 0 Å². The van der Waals surface area contributed by atoms with Crippen molar-refractivity contribution >= 4 is 23.4 Å². The van der Waals surface area contributed by atoms with Gasteiger partial charge >= 0.3 is 6.09 Å². The second-order valence-electron chi connectivity index (χ2n) is 9.35. The van der Waals surface area contributed by atoms with Crippen LogP contribution >= 0.6 is 0 Å². The molecule has 4 heterocycles. The van der Waals surface area contributed by atoms with Gasteiger partial charge in [-0.05, 0) is 38.4 Å². The number of carbonyl (C=O) groups excluding carboxylic acids is 2. The van der Waals surface area contributed by atoms with E-state index in [1.165, 1.54) is 11.0 Å². The summed E-state index contributed by atoms with van der Waals surface area (Å²) < 4.78 is 22.1. The average Bonchev–Trinajstić information content (AvgIpc) is 3.65. The van der Waals surface area contributed by atoms with Crippen molar-refractivity contribution in [1.82, 2.24) is 30.2 Å². The Labute approximate surface area is 218 Å². The molecule has 0 unspecified atom stereocenters. The minimum atomic E-state index is -0.539. The van der Waals surface area contributed by atoms with Gasteiger partial charge in [0.2, 0.25) is 5.91 Å². The van der Waals surface area contributed by atoms with Gasteiger partial charge in [0.15, 0.2) is 6.10 Å². The van der Waals surface area contributed by atoms with Gasteiger partial charge in [-0.2, -0.15) is 0 Å². The first-order valence-electron chi connectivity index (χ1n) is 12.1. The van der Waals surface area contributed by atoms with E-state index in [9.17, 15) is 9.59 Å². The van der Waals surface area contributed by atoms with Crippen LogP contribution in [0.1, 0.15) is 12.1 Å². The predicted molar refractivity (Wildman–Crippen MR) is 135 cm³/mol. The molecule has 2 aromatic heterocycles. The van der Waals surface area contributed by atoms with E-state index in [1.54, 1.807) is 52.4 Å². The van der Waals surface area contributed by atoms with Crippen molar-refractivity contribution in [3.63, 3.8) is 0 Å². The molecule has 1 fully saturated rings. The van der Waals surface area contributed by atoms with Crippen molar-refractivity contribution in [3.05, 3.63) is 60.4 Å². The van der Waals surface area contributed by atoms with Crippen LogP contribution in [0, 0.1) is 5.82 Å². The van der Waals surface area contributed by atoms with Crippen molar-refractivity contribution in [3.8, 4) is 11.1 Å². The third-order valence-corrected chi connectivity index (χ3v) is 6.09. The minimum absolute atomic E-state index is 0.0872. The highest BCUT2D eigenvalue weighted by Crippen LogP contribution is 2.29. The highest BCUT2D eigenvalue weighted by atomic mass is 19.1. The molecule has 2 amide bonds. The highest BCUT2D eigenvalue weighted by molar-refractivity contribution is 6.00. The van der Waals surface area contributed by atoms with Crippen LogP contribution in [0.15, 0.2) is 54.1 Å². The second-order valence-corrected chi connectivity index (χ2v) is 9.35. The molecule has 13 heteroatoms. The van der Waals surface area contributed by atoms with E-state index in [0.29, 0.717) is 54.3 Å². The number of aromatic nitrogens is 4. The Kier molecular flexibility index (Phi) is 7.26. The number of amides is 2. The summed E-state index contributed by atoms with van der Waals surface area (Å²) in [6.07, 6.45) is 4.08. The molecule has 2 aliphatic heterocycles. The topological polar surface area (TPSA) is 127 Å². The van der Waals surface area contributed by atoms with E-state index in [4.69, 9.17) is 9.57 Å². The number of anilines is 1. The van der Waals surface area contributed by atoms with Gasteiger partial charge in [0, 0.05) is 29.9 Å². The van der Waals surface area contributed by atoms with Gasteiger partial charge in [-0.15, -0.1) is 5.10 Å². The van der Waals surface area contributed by atoms with E-state index in [-0.39, 0.29) is 18.6 Å². The van der Waals surface area contributed by atoms with Crippen molar-refractivity contribution < 1.29 is 23.6 Å². The first-order valence-corrected chi connectivity index (χ1v) is 12.1. The quantitative estimate of drug-likeness (QED) is 0.450. The summed E-state index contributed by atoms with van der Waals surface area (Å²) in [6.45, 7) is 1.29. The minimum Gasteiger partial charge on any atom is -0.442 e. The molecule has 0 spiro atoms. The lowest BCUT2D eigenvalue weighted by atomic mass is 10.0. The van der Waals surface area contributed by atoms with Gasteiger partial charge < -0.3 is 19.8 Å². The Morgan fingerprint density at radius 3 is 2.82 bits per heavy atom. The zero-order chi connectivity index (χ0) is 26.6. The van der Waals surface area contributed by atoms with Gasteiger partial charge in [-0.25, -0.2) is 13.9 Å². The summed E-state index contributed by atoms with van der Waals surface area (Å²) >= 11 is 0. The highest BCUT2D eigenvalue weighted by Gasteiger charge is 2.33. The van der Waals surface area contributed by atoms with Crippen LogP contribution in [0.25, 0.3) is 11.1 Å². The van der Waals surface area contributed by atoms with Crippen molar-refractivity contribution in [2.24, 2.45) is 5.16 Å². The molecule has 1 aromatic carbocycles. The number of nitrogens with one attached hydrogen (secondary N) is 1. The Morgan fingerprint density at radius 1 is 1.24 bits per heavy atom. The number of hydrogen-bond donors (Lipinski definition) is 1. The zero-order valence-corrected chi connectivity index (χ0v) is 21.0. The number of rotatable bonds is 9. The summed E-state index contributed by atoms with van der Waals surface area (Å²) in [4.78, 5) is 37.2. The number of pyridine rings is 1. The lowest BCUT2D eigenvalue weighted by molar-refractivity contribution is -0.122. The SMILES string of the molecule is CN(C)CC(=O)NC[C@@H]1CC(c2ccc(-c3ccc(N4C[C@H](Cn5ccnn5)OC4=O)cc3F)cn2)=NO1. The van der Waals surface area contributed by atoms with E-state index in [2.05, 4.69) is 25.8 Å². The van der Waals surface area contributed by atoms with Crippen molar-refractivity contribution in [2.45, 2.75) is 25.2 Å². The molecule has 0 saturated carbocycles. The molecule has 0 radical (unpaired) electrons. The first kappa shape index (κ1) is 25.3. The predicted octanol–water partition coefficient (Wildman–Crippen LogP) is 1.68. The van der Waals surface area contributed by atoms with Gasteiger partial charge in [0.1, 0.15) is 17.6 Å². The Balaban J connectivity index is 1.19. The van der Waals surface area contributed by atoms with E-state index in [0.717, 1.165) is 0 Å². The number of ether oxygens (including phenoxy) is 1. The summed E-state index contributed by atoms with van der Waals surface area (Å²) in [7, 11) is 3.65. The van der Waals surface area contributed by atoms with Crippen LogP contribution in [0.2, 0.25) is 0 Å². The number of benzene rings is 1. The Hall–Kier alpha value is -4.39. The number of hydrogen-bond acceptors (Lipinski definition) is 9. The average molecular weight is 523 g/mol. The van der Waals surface area contributed by atoms with Gasteiger partial charge in [0.25, 0.3) is 0 Å². The number of carbonyl (C=O) groups is 2. The van der Waals surface area contributed by atoms with E-state index < -0.39 is 18.0 Å². The molecule has 198 valence electrons. The first-order chi connectivity index (χ1) is 18.4. The van der Waals surface area contributed by atoms with Gasteiger partial charge in [-0.1, -0.05) is 16.4 Å². The maximum atomic E-state index is 15.1. The largest absolute Gasteiger partial charge is 0.442 e. The second kappa shape index (κ2) is 10.9. The molecule has 3 aromatic rings. The lowest BCUT2D eigenvalue weighted by Gasteiger charge is -2.14. The summed E-state index contributed by atoms with van der Waals surface area (Å²) in [6, 6.07) is 8.11. The summed E-state index contributed by atoms with van der Waals surface area (Å²) in [5, 5.41) is 14.5.